The van der Waals surface area contributed by atoms with Gasteiger partial charge in [-0.25, -0.2) is 4.98 Å². The third-order valence-electron chi connectivity index (χ3n) is 11.4. The maximum Gasteiger partial charge on any atom is 0.238 e. The first-order valence-electron chi connectivity index (χ1n) is 25.1. The summed E-state index contributed by atoms with van der Waals surface area (Å²) < 4.78 is 92.1. The lowest BCUT2D eigenvalue weighted by Gasteiger charge is -2.17. The molecule has 0 radical (unpaired) electrons. The van der Waals surface area contributed by atoms with Crippen LogP contribution in [-0.4, -0.2) is 24.1 Å². The van der Waals surface area contributed by atoms with Gasteiger partial charge in [-0.3, -0.25) is 4.57 Å². The molecule has 0 amide bonds. The van der Waals surface area contributed by atoms with Gasteiger partial charge in [0.2, 0.25) is 5.95 Å². The Hall–Kier alpha value is -8.41. The average molecular weight is 802 g/mol. The number of hydrogen-bond acceptors (Lipinski definition) is 3. The quantitative estimate of drug-likeness (QED) is 0.161. The van der Waals surface area contributed by atoms with Crippen molar-refractivity contribution in [3.63, 3.8) is 0 Å². The Morgan fingerprint density at radius 2 is 0.871 bits per heavy atom. The zero-order chi connectivity index (χ0) is 49.7. The van der Waals surface area contributed by atoms with Crippen molar-refractivity contribution in [1.29, 1.82) is 0 Å². The molecule has 0 aliphatic carbocycles. The van der Waals surface area contributed by atoms with Gasteiger partial charge in [0.05, 0.1) is 41.5 Å². The van der Waals surface area contributed by atoms with Gasteiger partial charge in [0, 0.05) is 38.2 Å². The molecule has 0 bridgehead atoms. The summed E-state index contributed by atoms with van der Waals surface area (Å²) in [5.74, 6) is 1.19. The SMILES string of the molecule is [2H]c1c([2H])c([2H])c(-c2ccc(-c3c([2H])c([2H])c([2H])c([2H])c3[2H])c(-n3c4ccccc4c4ccc5c6ccccc6n(-c6nc(-c7ccccc7)nc(-c7ccccc7-c7ccccc7)n6)c5c43)c2)c([2H])c1[2H]. The fourth-order valence-corrected chi connectivity index (χ4v) is 8.67. The number of aromatic nitrogens is 5. The lowest BCUT2D eigenvalue weighted by Crippen LogP contribution is -2.07. The highest BCUT2D eigenvalue weighted by Gasteiger charge is 2.25. The van der Waals surface area contributed by atoms with E-state index in [0.29, 0.717) is 39.8 Å². The van der Waals surface area contributed by atoms with Gasteiger partial charge in [-0.2, -0.15) is 9.97 Å². The van der Waals surface area contributed by atoms with Gasteiger partial charge >= 0.3 is 0 Å². The highest BCUT2D eigenvalue weighted by molar-refractivity contribution is 6.24. The summed E-state index contributed by atoms with van der Waals surface area (Å²) in [7, 11) is 0. The van der Waals surface area contributed by atoms with Crippen LogP contribution in [0.5, 0.6) is 0 Å². The van der Waals surface area contributed by atoms with Crippen LogP contribution < -0.4 is 0 Å². The van der Waals surface area contributed by atoms with Crippen molar-refractivity contribution >= 4 is 43.6 Å². The standard InChI is InChI=1S/C57H37N5/c1-5-19-38(20-6-1)42-33-34-44(40-23-9-3-10-24-40)52(37-42)61-50-31-17-15-28-45(50)47-35-36-48-46-29-16-18-32-51(46)62(54(48)53(47)61)57-59-55(41-25-11-4-12-26-41)58-56(60-57)49-30-14-13-27-43(49)39-21-7-2-8-22-39/h1-37H/i1D,3D,5D,6D,9D,10D,19D,20D,23D,24D. The van der Waals surface area contributed by atoms with E-state index in [9.17, 15) is 2.74 Å². The normalized spacial score (nSPS) is 13.8. The molecule has 290 valence electrons. The lowest BCUT2D eigenvalue weighted by molar-refractivity contribution is 0.953. The molecule has 0 fully saturated rings. The maximum atomic E-state index is 9.25. The zero-order valence-electron chi connectivity index (χ0n) is 42.8. The number of fused-ring (bicyclic) bond motifs is 7. The molecule has 12 rings (SSSR count). The van der Waals surface area contributed by atoms with Gasteiger partial charge in [0.25, 0.3) is 0 Å². The molecule has 3 heterocycles. The van der Waals surface area contributed by atoms with Crippen molar-refractivity contribution in [2.45, 2.75) is 0 Å². The Morgan fingerprint density at radius 3 is 1.55 bits per heavy atom. The summed E-state index contributed by atoms with van der Waals surface area (Å²) in [6, 6.07) is 47.6. The van der Waals surface area contributed by atoms with E-state index in [1.54, 1.807) is 18.2 Å². The second-order valence-corrected chi connectivity index (χ2v) is 14.9. The van der Waals surface area contributed by atoms with Crippen molar-refractivity contribution in [2.75, 3.05) is 0 Å². The lowest BCUT2D eigenvalue weighted by atomic mass is 9.98. The van der Waals surface area contributed by atoms with Crippen LogP contribution in [0.15, 0.2) is 224 Å². The van der Waals surface area contributed by atoms with Crippen LogP contribution in [0.3, 0.4) is 0 Å². The Balaban J connectivity index is 1.26. The number of benzene rings is 9. The zero-order valence-corrected chi connectivity index (χ0v) is 32.8. The van der Waals surface area contributed by atoms with Gasteiger partial charge in [0.15, 0.2) is 11.6 Å². The minimum absolute atomic E-state index is 0.0585. The van der Waals surface area contributed by atoms with Crippen molar-refractivity contribution in [2.24, 2.45) is 0 Å². The molecule has 12 aromatic rings. The first-order chi connectivity index (χ1) is 34.9. The smallest absolute Gasteiger partial charge is 0.238 e. The third-order valence-corrected chi connectivity index (χ3v) is 11.4. The molecule has 62 heavy (non-hydrogen) atoms. The fourth-order valence-electron chi connectivity index (χ4n) is 8.67. The van der Waals surface area contributed by atoms with Crippen molar-refractivity contribution in [3.05, 3.63) is 224 Å². The van der Waals surface area contributed by atoms with Gasteiger partial charge in [-0.15, -0.1) is 0 Å². The molecule has 0 spiro atoms. The molecule has 0 saturated carbocycles. The molecule has 0 aliphatic heterocycles. The van der Waals surface area contributed by atoms with Gasteiger partial charge in [-0.05, 0) is 46.0 Å². The van der Waals surface area contributed by atoms with Gasteiger partial charge < -0.3 is 4.57 Å². The molecule has 5 heteroatoms. The molecule has 0 atom stereocenters. The largest absolute Gasteiger partial charge is 0.307 e. The molecule has 5 nitrogen and oxygen atoms in total. The second kappa shape index (κ2) is 14.7. The number of nitrogens with zero attached hydrogens (tertiary/aromatic N) is 5. The number of hydrogen-bond donors (Lipinski definition) is 0. The van der Waals surface area contributed by atoms with E-state index in [1.165, 1.54) is 0 Å². The minimum Gasteiger partial charge on any atom is -0.307 e. The van der Waals surface area contributed by atoms with Crippen LogP contribution in [0, 0.1) is 0 Å². The first-order valence-corrected chi connectivity index (χ1v) is 20.1. The summed E-state index contributed by atoms with van der Waals surface area (Å²) in [5.41, 5.74) is 6.95. The number of rotatable bonds is 7. The van der Waals surface area contributed by atoms with Crippen LogP contribution in [0.4, 0.5) is 0 Å². The molecular weight excluding hydrogens is 755 g/mol. The number of para-hydroxylation sites is 2. The van der Waals surface area contributed by atoms with Crippen LogP contribution in [-0.2, 0) is 0 Å². The Kier molecular flexibility index (Phi) is 6.31. The average Bonchev–Trinajstić information content (AvgIpc) is 3.94. The highest BCUT2D eigenvalue weighted by Crippen LogP contribution is 2.44. The first kappa shape index (κ1) is 26.6. The molecular formula is C57H37N5. The Morgan fingerprint density at radius 1 is 0.339 bits per heavy atom. The van der Waals surface area contributed by atoms with Gasteiger partial charge in [0.1, 0.15) is 0 Å². The predicted octanol–water partition coefficient (Wildman–Crippen LogP) is 14.4. The maximum absolute atomic E-state index is 9.25. The third kappa shape index (κ3) is 5.82. The van der Waals surface area contributed by atoms with E-state index in [1.807, 2.05) is 149 Å². The molecule has 0 saturated heterocycles. The van der Waals surface area contributed by atoms with E-state index < -0.39 is 60.4 Å². The Bertz CT molecular complexity index is 4170. The van der Waals surface area contributed by atoms with E-state index in [0.717, 1.165) is 49.3 Å². The summed E-state index contributed by atoms with van der Waals surface area (Å²) in [6.45, 7) is 0. The van der Waals surface area contributed by atoms with E-state index in [2.05, 4.69) is 6.07 Å². The van der Waals surface area contributed by atoms with Gasteiger partial charge in [-0.1, -0.05) is 206 Å². The predicted molar refractivity (Wildman–Crippen MR) is 256 cm³/mol. The molecule has 9 aromatic carbocycles. The monoisotopic (exact) mass is 801 g/mol. The van der Waals surface area contributed by atoms with E-state index in [4.69, 9.17) is 25.9 Å². The molecule has 0 unspecified atom stereocenters. The molecule has 3 aromatic heterocycles. The topological polar surface area (TPSA) is 48.5 Å². The van der Waals surface area contributed by atoms with E-state index >= 15 is 0 Å². The Labute approximate surface area is 372 Å². The summed E-state index contributed by atoms with van der Waals surface area (Å²) in [6.07, 6.45) is 0. The van der Waals surface area contributed by atoms with E-state index in [-0.39, 0.29) is 22.3 Å². The summed E-state index contributed by atoms with van der Waals surface area (Å²) in [5, 5.41) is 3.35. The van der Waals surface area contributed by atoms with Crippen LogP contribution in [0.1, 0.15) is 13.7 Å². The van der Waals surface area contributed by atoms with Crippen LogP contribution in [0.25, 0.3) is 111 Å². The minimum atomic E-state index is -0.549. The van der Waals surface area contributed by atoms with Crippen LogP contribution >= 0.6 is 0 Å². The van der Waals surface area contributed by atoms with Crippen molar-refractivity contribution in [1.82, 2.24) is 24.1 Å². The van der Waals surface area contributed by atoms with Crippen molar-refractivity contribution < 1.29 is 13.7 Å². The van der Waals surface area contributed by atoms with Crippen molar-refractivity contribution in [3.8, 4) is 67.8 Å². The second-order valence-electron chi connectivity index (χ2n) is 14.9. The summed E-state index contributed by atoms with van der Waals surface area (Å²) >= 11 is 0. The molecule has 0 aliphatic rings. The summed E-state index contributed by atoms with van der Waals surface area (Å²) in [4.78, 5) is 15.8. The van der Waals surface area contributed by atoms with Crippen LogP contribution in [0.2, 0.25) is 0 Å². The fraction of sp³-hybridized carbons (Fsp3) is 0. The molecule has 0 N–H and O–H groups in total. The highest BCUT2D eigenvalue weighted by atomic mass is 15.2.